The molecule has 0 saturated heterocycles. The SMILES string of the molecule is II(I)I(I)I(I)I(I)I(I)I(I)I(I)I.II(I)I(I)I(I)I(I)I(I)I(I)I(I)I(I)I(I)I.I[I-]I(I)I(I)I(I)I(I)I(I)I(I)I(I)I(I)I.I[I-]I(I)I(I)I(I)I(I)I(I)I(I)I(I)I(I)I(I)I.Nc1ccc(N)c2c1CCCC2=O.Nc1ccc([N+](=O)[O-])c2c1CCCC2=O.O=C1CCCc2c(F)ccc([N+](=O)[O-])c21.O=C1CCCc2c(F)cccc21. The van der Waals surface area contributed by atoms with Gasteiger partial charge < -0.3 is 17.2 Å². The number of hydrogen-bond donors (Lipinski definition) is 3. The molecule has 0 bridgehead atoms. The molecule has 0 saturated carbocycles. The van der Waals surface area contributed by atoms with Crippen LogP contribution in [-0.4, -0.2) is 33.0 Å². The number of anilines is 3. The van der Waals surface area contributed by atoms with Gasteiger partial charge in [-0.1, -0.05) is 12.1 Å². The number of benzene rings is 4. The second kappa shape index (κ2) is 104. The maximum atomic E-state index is 13.3. The summed E-state index contributed by atoms with van der Waals surface area (Å²) in [6.45, 7) is 0. The monoisotopic (exact) mass is 10400 g/mol. The number of ketones is 4. The van der Waals surface area contributed by atoms with E-state index in [1.165, 1.54) is 18.2 Å². The van der Waals surface area contributed by atoms with Crippen molar-refractivity contribution in [1.82, 2.24) is 0 Å². The Kier molecular flexibility index (Phi) is 141. The molecular weight excluding hydrogens is 10400 g/mol. The summed E-state index contributed by atoms with van der Waals surface area (Å²) in [6, 6.07) is 13.1. The number of carbonyl (C=O) groups excluding carboxylic acids is 4. The van der Waals surface area contributed by atoms with Crippen molar-refractivity contribution in [3.8, 4) is 0 Å². The van der Waals surface area contributed by atoms with Gasteiger partial charge >= 0.3 is 1050 Å². The predicted octanol–water partition coefficient (Wildman–Crippen LogP) is 67.2. The first-order chi connectivity index (χ1) is 60.6. The van der Waals surface area contributed by atoms with E-state index < -0.39 is 134 Å². The Hall–Kier alpha value is 49.1. The number of carbonyl (C=O) groups is 4. The second-order valence-electron chi connectivity index (χ2n) is 18.9. The summed E-state index contributed by atoms with van der Waals surface area (Å²) >= 11 is 125. The Labute approximate surface area is 1300 Å². The average molecular weight is 10400 g/mol. The van der Waals surface area contributed by atoms with Crippen molar-refractivity contribution in [2.75, 3.05) is 17.2 Å². The smallest absolute Gasteiger partial charge is 0.280 e. The Morgan fingerprint density at radius 3 is 0.740 bits per heavy atom. The predicted molar refractivity (Wildman–Crippen MR) is 1240 cm³/mol. The van der Waals surface area contributed by atoms with E-state index in [1.807, 2.05) is 0 Å². The molecular formula is C40H39F2I76N5O8-2. The van der Waals surface area contributed by atoms with Crippen molar-refractivity contribution in [3.05, 3.63) is 131 Å². The summed E-state index contributed by atoms with van der Waals surface area (Å²) in [6.07, 6.45) is 7.37. The number of nitrogen functional groups attached to an aromatic ring is 3. The van der Waals surface area contributed by atoms with Crippen LogP contribution in [0.1, 0.15) is 115 Å². The van der Waals surface area contributed by atoms with Crippen LogP contribution in [-0.2, 0) is 25.7 Å². The number of fused-ring (bicyclic) bond motifs is 4. The van der Waals surface area contributed by atoms with Crippen LogP contribution in [0.25, 0.3) is 0 Å². The normalized spacial score (nSPS) is 16.6. The number of rotatable bonds is 33. The van der Waals surface area contributed by atoms with E-state index in [0.717, 1.165) is 43.4 Å². The molecule has 131 heavy (non-hydrogen) atoms. The summed E-state index contributed by atoms with van der Waals surface area (Å²) < 4.78 is 26.4. The maximum absolute atomic E-state index is 13.3. The van der Waals surface area contributed by atoms with Crippen molar-refractivity contribution in [1.29, 1.82) is 0 Å². The Morgan fingerprint density at radius 2 is 0.473 bits per heavy atom. The molecule has 0 amide bonds. The average Bonchev–Trinajstić information content (AvgIpc) is 0.791. The van der Waals surface area contributed by atoms with Crippen molar-refractivity contribution in [3.63, 3.8) is 0 Å². The van der Waals surface area contributed by atoms with Crippen molar-refractivity contribution >= 4 is 1080 Å². The van der Waals surface area contributed by atoms with Crippen molar-refractivity contribution in [2.45, 2.75) is 77.0 Å². The standard InChI is InChI=1S/C10H8FNO3.C10H9FO.C10H10N2O3.C10H12N2O.I21.I20.I19.I16/c11-7-4-5-8(12(14)15)10-6(7)2-1-3-9(10)13;11-9-5-1-4-8-7(9)3-2-6-10(8)12;11-7-4-5-8(12(14)15)10-6(7)2-1-3-9(10)13;11-7-4-5-8(12)10-6(7)2-1-3-9(10)13;1-12-14(4)16(6)18(8)20(10)21(11)19(9)17(7)15(5)13(2)3;1-12(2)14(5)16(7)18(9)20(11)19(10)17(8)15(6)13(3)4;1-11-13(4)15(6)17(8)19(10)18(9)16(7)14(5)12(2)3;1-10(2)12(5)14(7)16(9)15(8)13(6)11(3)4/h4-5H,1-3H2;1,4-5H,2-3,6H2;4-5H,1-3,11H2;4-5H,1-3,11-12H2;;;;/q;;;;-1;;-1;. The Balaban J connectivity index is 0.000000752. The molecule has 4 aromatic carbocycles. The molecule has 0 spiro atoms. The van der Waals surface area contributed by atoms with Gasteiger partial charge in [0.25, 0.3) is 11.4 Å². The van der Waals surface area contributed by atoms with Crippen LogP contribution in [0.5, 0.6) is 0 Å². The Bertz CT molecular complexity index is 4070. The fourth-order valence-electron chi connectivity index (χ4n) is 8.07. The fourth-order valence-corrected chi connectivity index (χ4v) is 10900. The van der Waals surface area contributed by atoms with E-state index >= 15 is 0 Å². The third-order valence-electron chi connectivity index (χ3n) is 12.4. The summed E-state index contributed by atoms with van der Waals surface area (Å²) in [5, 5.41) is 21.4. The third kappa shape index (κ3) is 70.6. The van der Waals surface area contributed by atoms with Gasteiger partial charge in [0.05, 0.1) is 9.85 Å². The molecule has 91 heteroatoms. The van der Waals surface area contributed by atoms with Gasteiger partial charge in [0.15, 0.2) is 23.1 Å². The van der Waals surface area contributed by atoms with Gasteiger partial charge in [-0.15, -0.1) is 0 Å². The van der Waals surface area contributed by atoms with Crippen LogP contribution in [0.3, 0.4) is 0 Å². The van der Waals surface area contributed by atoms with Crippen molar-refractivity contribution in [2.24, 2.45) is 0 Å². The minimum absolute atomic E-state index is 0.0359. The number of nitro groups is 2. The van der Waals surface area contributed by atoms with Gasteiger partial charge in [0.2, 0.25) is 0 Å². The molecule has 0 unspecified atom stereocenters. The minimum atomic E-state index is -0.637. The summed E-state index contributed by atoms with van der Waals surface area (Å²) in [5.41, 5.74) is 22.3. The van der Waals surface area contributed by atoms with Crippen LogP contribution in [0.2, 0.25) is 0 Å². The molecule has 6 N–H and O–H groups in total. The molecule has 8 rings (SSSR count). The summed E-state index contributed by atoms with van der Waals surface area (Å²) in [5.74, 6) is -1.05. The number of Topliss-reactive ketones (excluding diaryl/α,β-unsaturated/α-hetero) is 4. The number of hydrogen-bond acceptors (Lipinski definition) is 11. The van der Waals surface area contributed by atoms with E-state index in [2.05, 4.69) is 763 Å². The first kappa shape index (κ1) is 178. The number of halogens is 78. The first-order valence-corrected chi connectivity index (χ1v) is 481. The quantitative estimate of drug-likeness (QED) is 0.0176. The number of nitrogens with zero attached hydrogens (tertiary/aromatic N) is 2. The van der Waals surface area contributed by atoms with Gasteiger partial charge in [-0.2, -0.15) is 0 Å². The zero-order valence-electron chi connectivity index (χ0n) is 58.6. The van der Waals surface area contributed by atoms with Crippen LogP contribution >= 0.6 is 1020 Å². The first-order valence-electron chi connectivity index (χ1n) is 28.1. The zero-order valence-corrected chi connectivity index (χ0v) is 223. The molecule has 4 aliphatic carbocycles. The molecule has 0 aromatic heterocycles. The molecule has 4 aliphatic rings. The van der Waals surface area contributed by atoms with Gasteiger partial charge in [0.1, 0.15) is 22.8 Å². The largest absolute Gasteiger partial charge is 0.398 e. The van der Waals surface area contributed by atoms with Crippen molar-refractivity contribution < 1.29 is 64.3 Å². The molecule has 4 aromatic rings. The van der Waals surface area contributed by atoms with Gasteiger partial charge in [0, 0.05) is 71.6 Å². The van der Waals surface area contributed by atoms with Gasteiger partial charge in [-0.25, -0.2) is 8.78 Å². The minimum Gasteiger partial charge on any atom is -0.398 e. The van der Waals surface area contributed by atoms with E-state index in [0.29, 0.717) is 111 Å². The van der Waals surface area contributed by atoms with Crippen LogP contribution in [0.15, 0.2) is 54.6 Å². The van der Waals surface area contributed by atoms with Crippen LogP contribution in [0.4, 0.5) is 37.2 Å². The third-order valence-corrected chi connectivity index (χ3v) is 4970. The fraction of sp³-hybridized carbons (Fsp3) is 0.300. The van der Waals surface area contributed by atoms with Crippen LogP contribution in [0, 0.1) is 31.9 Å². The number of nitro benzene ring substituents is 2. The van der Waals surface area contributed by atoms with E-state index in [9.17, 15) is 48.2 Å². The molecule has 13 nitrogen and oxygen atoms in total. The Morgan fingerprint density at radius 1 is 0.260 bits per heavy atom. The van der Waals surface area contributed by atoms with Gasteiger partial charge in [-0.3, -0.25) is 39.4 Å². The van der Waals surface area contributed by atoms with Gasteiger partial charge in [-0.05, 0) is 98.4 Å². The molecule has 0 radical (unpaired) electrons. The maximum Gasteiger partial charge on any atom is 0.280 e. The molecule has 0 aliphatic heterocycles. The van der Waals surface area contributed by atoms with E-state index in [-0.39, 0.29) is 206 Å². The molecule has 0 atom stereocenters. The topological polar surface area (TPSA) is 233 Å². The summed E-state index contributed by atoms with van der Waals surface area (Å²) in [7, 11) is -12.8. The molecule has 820 valence electrons. The van der Waals surface area contributed by atoms with Crippen LogP contribution < -0.4 is 43.7 Å². The van der Waals surface area contributed by atoms with E-state index in [4.69, 9.17) is 17.2 Å². The summed E-state index contributed by atoms with van der Waals surface area (Å²) in [4.78, 5) is 66.1. The molecule has 0 fully saturated rings. The number of nitrogens with two attached hydrogens (primary N) is 3. The second-order valence-corrected chi connectivity index (χ2v) is 1660. The molecule has 0 heterocycles. The van der Waals surface area contributed by atoms with E-state index in [1.54, 1.807) is 24.3 Å². The zero-order chi connectivity index (χ0) is 101.